The summed E-state index contributed by atoms with van der Waals surface area (Å²) in [5.74, 6) is 0.519. The van der Waals surface area contributed by atoms with Crippen LogP contribution in [0.25, 0.3) is 10.9 Å². The van der Waals surface area contributed by atoms with Crippen LogP contribution in [0.2, 0.25) is 0 Å². The zero-order valence-electron chi connectivity index (χ0n) is 14.9. The molecule has 2 aromatic heterocycles. The molecule has 146 valence electrons. The summed E-state index contributed by atoms with van der Waals surface area (Å²) in [6.07, 6.45) is -1.47. The summed E-state index contributed by atoms with van der Waals surface area (Å²) in [6, 6.07) is 14.1. The van der Waals surface area contributed by atoms with Gasteiger partial charge in [0, 0.05) is 23.0 Å². The van der Waals surface area contributed by atoms with Gasteiger partial charge in [0.1, 0.15) is 12.0 Å². The Morgan fingerprint density at radius 1 is 0.828 bits per heavy atom. The molecule has 29 heavy (non-hydrogen) atoms. The summed E-state index contributed by atoms with van der Waals surface area (Å²) in [7, 11) is 0. The Labute approximate surface area is 163 Å². The van der Waals surface area contributed by atoms with Crippen LogP contribution in [0.5, 0.6) is 0 Å². The van der Waals surface area contributed by atoms with E-state index >= 15 is 0 Å². The smallest absolute Gasteiger partial charge is 0.393 e. The number of halogens is 3. The van der Waals surface area contributed by atoms with Crippen molar-refractivity contribution in [2.24, 2.45) is 0 Å². The number of nitrogens with two attached hydrogens (primary N) is 1. The number of anilines is 5. The van der Waals surface area contributed by atoms with Gasteiger partial charge in [0.05, 0.1) is 11.1 Å². The van der Waals surface area contributed by atoms with E-state index in [9.17, 15) is 13.2 Å². The lowest BCUT2D eigenvalue weighted by atomic mass is 10.2. The standard InChI is InChI=1S/C20H15F3N6/c21-20(22,23)12-4-1-5-13(10-12)28-18-17(24)19(27-11-26-18)29-16-8-2-7-15-14(16)6-3-9-25-15/h1-11H,24H2,(H2,26,27,28,29). The highest BCUT2D eigenvalue weighted by Gasteiger charge is 2.30. The molecule has 2 heterocycles. The summed E-state index contributed by atoms with van der Waals surface area (Å²) in [4.78, 5) is 12.5. The van der Waals surface area contributed by atoms with Crippen molar-refractivity contribution in [1.29, 1.82) is 0 Å². The number of pyridine rings is 1. The van der Waals surface area contributed by atoms with E-state index in [-0.39, 0.29) is 17.2 Å². The maximum atomic E-state index is 12.9. The first-order chi connectivity index (χ1) is 13.9. The fourth-order valence-corrected chi connectivity index (χ4v) is 2.84. The largest absolute Gasteiger partial charge is 0.416 e. The fourth-order valence-electron chi connectivity index (χ4n) is 2.84. The minimum absolute atomic E-state index is 0.172. The van der Waals surface area contributed by atoms with Crippen molar-refractivity contribution in [2.45, 2.75) is 6.18 Å². The van der Waals surface area contributed by atoms with Crippen LogP contribution >= 0.6 is 0 Å². The number of fused-ring (bicyclic) bond motifs is 1. The molecule has 4 N–H and O–H groups in total. The maximum absolute atomic E-state index is 12.9. The van der Waals surface area contributed by atoms with Crippen LogP contribution in [0.15, 0.2) is 67.1 Å². The van der Waals surface area contributed by atoms with Crippen LogP contribution in [-0.4, -0.2) is 15.0 Å². The molecule has 0 fully saturated rings. The lowest BCUT2D eigenvalue weighted by molar-refractivity contribution is -0.137. The summed E-state index contributed by atoms with van der Waals surface area (Å²) in [6.45, 7) is 0. The molecule has 0 radical (unpaired) electrons. The van der Waals surface area contributed by atoms with Crippen molar-refractivity contribution in [1.82, 2.24) is 15.0 Å². The molecule has 2 aromatic carbocycles. The van der Waals surface area contributed by atoms with E-state index < -0.39 is 11.7 Å². The summed E-state index contributed by atoms with van der Waals surface area (Å²) < 4.78 is 38.8. The molecule has 6 nitrogen and oxygen atoms in total. The molecule has 0 aliphatic rings. The zero-order chi connectivity index (χ0) is 20.4. The lowest BCUT2D eigenvalue weighted by Crippen LogP contribution is -2.07. The van der Waals surface area contributed by atoms with Crippen LogP contribution in [0, 0.1) is 0 Å². The van der Waals surface area contributed by atoms with Gasteiger partial charge >= 0.3 is 6.18 Å². The molecule has 0 spiro atoms. The van der Waals surface area contributed by atoms with Crippen LogP contribution in [0.1, 0.15) is 5.56 Å². The van der Waals surface area contributed by atoms with Crippen LogP contribution in [0.4, 0.5) is 41.9 Å². The normalized spacial score (nSPS) is 11.4. The van der Waals surface area contributed by atoms with E-state index in [2.05, 4.69) is 25.6 Å². The number of hydrogen-bond acceptors (Lipinski definition) is 6. The Balaban J connectivity index is 1.64. The predicted octanol–water partition coefficient (Wildman–Crippen LogP) is 5.11. The van der Waals surface area contributed by atoms with Gasteiger partial charge in [0.2, 0.25) is 0 Å². The fraction of sp³-hybridized carbons (Fsp3) is 0.0500. The van der Waals surface area contributed by atoms with Gasteiger partial charge in [0.25, 0.3) is 0 Å². The molecule has 9 heteroatoms. The van der Waals surface area contributed by atoms with Crippen LogP contribution < -0.4 is 16.4 Å². The van der Waals surface area contributed by atoms with Gasteiger partial charge in [-0.05, 0) is 42.5 Å². The van der Waals surface area contributed by atoms with Gasteiger partial charge in [-0.3, -0.25) is 4.98 Å². The first kappa shape index (κ1) is 18.5. The Morgan fingerprint density at radius 2 is 1.59 bits per heavy atom. The quantitative estimate of drug-likeness (QED) is 0.444. The third-order valence-electron chi connectivity index (χ3n) is 4.24. The second-order valence-electron chi connectivity index (χ2n) is 6.19. The molecule has 0 saturated heterocycles. The molecule has 4 aromatic rings. The van der Waals surface area contributed by atoms with E-state index in [1.54, 1.807) is 6.20 Å². The number of alkyl halides is 3. The molecule has 4 rings (SSSR count). The number of rotatable bonds is 4. The van der Waals surface area contributed by atoms with Gasteiger partial charge in [0.15, 0.2) is 11.6 Å². The second-order valence-corrected chi connectivity index (χ2v) is 6.19. The van der Waals surface area contributed by atoms with Crippen molar-refractivity contribution in [2.75, 3.05) is 16.4 Å². The van der Waals surface area contributed by atoms with E-state index in [1.165, 1.54) is 18.5 Å². The van der Waals surface area contributed by atoms with E-state index in [4.69, 9.17) is 5.73 Å². The van der Waals surface area contributed by atoms with Gasteiger partial charge in [-0.25, -0.2) is 9.97 Å². The zero-order valence-corrected chi connectivity index (χ0v) is 14.9. The number of nitrogen functional groups attached to an aromatic ring is 1. The molecule has 0 atom stereocenters. The SMILES string of the molecule is Nc1c(Nc2cccc(C(F)(F)F)c2)ncnc1Nc1cccc2ncccc12. The number of aromatic nitrogens is 3. The summed E-state index contributed by atoms with van der Waals surface area (Å²) >= 11 is 0. The Hall–Kier alpha value is -3.88. The monoisotopic (exact) mass is 396 g/mol. The molecular weight excluding hydrogens is 381 g/mol. The average Bonchev–Trinajstić information content (AvgIpc) is 2.71. The molecule has 0 aliphatic heterocycles. The molecular formula is C20H15F3N6. The number of nitrogens with zero attached hydrogens (tertiary/aromatic N) is 3. The Bertz CT molecular complexity index is 1170. The Morgan fingerprint density at radius 3 is 2.38 bits per heavy atom. The van der Waals surface area contributed by atoms with Crippen molar-refractivity contribution >= 4 is 39.6 Å². The average molecular weight is 396 g/mol. The third kappa shape index (κ3) is 3.88. The van der Waals surface area contributed by atoms with Crippen molar-refractivity contribution < 1.29 is 13.2 Å². The summed E-state index contributed by atoms with van der Waals surface area (Å²) in [5, 5.41) is 6.84. The second kappa shape index (κ2) is 7.27. The molecule has 0 aliphatic carbocycles. The van der Waals surface area contributed by atoms with Crippen molar-refractivity contribution in [3.8, 4) is 0 Å². The first-order valence-electron chi connectivity index (χ1n) is 8.57. The lowest BCUT2D eigenvalue weighted by Gasteiger charge is -2.14. The van der Waals surface area contributed by atoms with E-state index in [1.807, 2.05) is 30.3 Å². The highest BCUT2D eigenvalue weighted by Crippen LogP contribution is 2.33. The van der Waals surface area contributed by atoms with Gasteiger partial charge in [-0.1, -0.05) is 12.1 Å². The van der Waals surface area contributed by atoms with Crippen molar-refractivity contribution in [3.05, 3.63) is 72.7 Å². The van der Waals surface area contributed by atoms with E-state index in [0.717, 1.165) is 28.7 Å². The van der Waals surface area contributed by atoms with Crippen LogP contribution in [0.3, 0.4) is 0 Å². The van der Waals surface area contributed by atoms with E-state index in [0.29, 0.717) is 5.82 Å². The third-order valence-corrected chi connectivity index (χ3v) is 4.24. The summed E-state index contributed by atoms with van der Waals surface area (Å²) in [5.41, 5.74) is 7.32. The highest BCUT2D eigenvalue weighted by molar-refractivity contribution is 5.94. The Kier molecular flexibility index (Phi) is 4.63. The van der Waals surface area contributed by atoms with Crippen LogP contribution in [-0.2, 0) is 6.18 Å². The molecule has 0 bridgehead atoms. The highest BCUT2D eigenvalue weighted by atomic mass is 19.4. The van der Waals surface area contributed by atoms with Gasteiger partial charge in [-0.15, -0.1) is 0 Å². The van der Waals surface area contributed by atoms with Gasteiger partial charge < -0.3 is 16.4 Å². The van der Waals surface area contributed by atoms with Gasteiger partial charge in [-0.2, -0.15) is 13.2 Å². The topological polar surface area (TPSA) is 88.8 Å². The van der Waals surface area contributed by atoms with Crippen molar-refractivity contribution in [3.63, 3.8) is 0 Å². The minimum Gasteiger partial charge on any atom is -0.393 e. The maximum Gasteiger partial charge on any atom is 0.416 e. The number of hydrogen-bond donors (Lipinski definition) is 3. The molecule has 0 amide bonds. The first-order valence-corrected chi connectivity index (χ1v) is 8.57. The predicted molar refractivity (Wildman–Crippen MR) is 106 cm³/mol. The molecule has 0 unspecified atom stereocenters. The number of nitrogens with one attached hydrogen (secondary N) is 2. The number of benzene rings is 2. The minimum atomic E-state index is -4.44. The molecule has 0 saturated carbocycles.